The summed E-state index contributed by atoms with van der Waals surface area (Å²) in [6, 6.07) is 9.81. The second-order valence-corrected chi connectivity index (χ2v) is 6.39. The van der Waals surface area contributed by atoms with E-state index in [1.807, 2.05) is 19.3 Å². The molecular formula is C19H18FN5O3. The number of rotatable bonds is 5. The Labute approximate surface area is 160 Å². The van der Waals surface area contributed by atoms with E-state index >= 15 is 0 Å². The van der Waals surface area contributed by atoms with Crippen molar-refractivity contribution in [2.45, 2.75) is 6.10 Å². The molecule has 2 N–H and O–H groups in total. The predicted octanol–water partition coefficient (Wildman–Crippen LogP) is 2.68. The summed E-state index contributed by atoms with van der Waals surface area (Å²) < 4.78 is 21.3. The molecule has 0 aliphatic carbocycles. The predicted molar refractivity (Wildman–Crippen MR) is 101 cm³/mol. The Morgan fingerprint density at radius 1 is 1.29 bits per heavy atom. The largest absolute Gasteiger partial charge is 0.441 e. The first-order valence-corrected chi connectivity index (χ1v) is 8.65. The topological polar surface area (TPSA) is 92.5 Å². The summed E-state index contributed by atoms with van der Waals surface area (Å²) in [5.41, 5.74) is 1.35. The molecule has 0 spiro atoms. The van der Waals surface area contributed by atoms with Crippen LogP contribution in [0.1, 0.15) is 0 Å². The van der Waals surface area contributed by atoms with Crippen molar-refractivity contribution in [2.24, 2.45) is 7.05 Å². The Morgan fingerprint density at radius 3 is 2.75 bits per heavy atom. The second kappa shape index (κ2) is 7.28. The molecule has 3 heterocycles. The second-order valence-electron chi connectivity index (χ2n) is 6.39. The van der Waals surface area contributed by atoms with Crippen molar-refractivity contribution in [1.29, 1.82) is 0 Å². The van der Waals surface area contributed by atoms with Gasteiger partial charge in [-0.15, -0.1) is 0 Å². The molecule has 0 radical (unpaired) electrons. The van der Waals surface area contributed by atoms with E-state index in [0.29, 0.717) is 28.5 Å². The number of benzene rings is 1. The molecule has 1 fully saturated rings. The Bertz CT molecular complexity index is 1010. The van der Waals surface area contributed by atoms with Gasteiger partial charge in [-0.1, -0.05) is 0 Å². The molecule has 1 aliphatic heterocycles. The number of aliphatic hydroxyl groups is 1. The number of carbonyl (C=O) groups is 1. The number of hydrogen-bond donors (Lipinski definition) is 2. The van der Waals surface area contributed by atoms with Gasteiger partial charge in [-0.2, -0.15) is 5.10 Å². The normalized spacial score (nSPS) is 16.3. The molecule has 1 amide bonds. The van der Waals surface area contributed by atoms with Crippen molar-refractivity contribution in [3.63, 3.8) is 0 Å². The minimum atomic E-state index is -0.599. The van der Waals surface area contributed by atoms with Crippen molar-refractivity contribution < 1.29 is 19.0 Å². The fourth-order valence-electron chi connectivity index (χ4n) is 2.97. The van der Waals surface area contributed by atoms with Crippen molar-refractivity contribution in [3.8, 4) is 11.1 Å². The van der Waals surface area contributed by atoms with Crippen molar-refractivity contribution >= 4 is 23.4 Å². The summed E-state index contributed by atoms with van der Waals surface area (Å²) >= 11 is 0. The average molecular weight is 383 g/mol. The van der Waals surface area contributed by atoms with E-state index in [1.165, 1.54) is 11.0 Å². The highest BCUT2D eigenvalue weighted by molar-refractivity contribution is 5.90. The van der Waals surface area contributed by atoms with Gasteiger partial charge in [0.25, 0.3) is 0 Å². The molecular weight excluding hydrogens is 365 g/mol. The van der Waals surface area contributed by atoms with Crippen LogP contribution in [0.4, 0.5) is 26.5 Å². The quantitative estimate of drug-likeness (QED) is 0.704. The highest BCUT2D eigenvalue weighted by Gasteiger charge is 2.32. The summed E-state index contributed by atoms with van der Waals surface area (Å²) in [7, 11) is 1.82. The highest BCUT2D eigenvalue weighted by atomic mass is 19.1. The summed E-state index contributed by atoms with van der Waals surface area (Å²) in [6.07, 6.45) is 2.18. The van der Waals surface area contributed by atoms with E-state index < -0.39 is 18.0 Å². The lowest BCUT2D eigenvalue weighted by Crippen LogP contribution is -2.25. The number of anilines is 3. The third-order valence-corrected chi connectivity index (χ3v) is 4.39. The Hall–Kier alpha value is -3.46. The van der Waals surface area contributed by atoms with Gasteiger partial charge in [-0.3, -0.25) is 9.58 Å². The van der Waals surface area contributed by atoms with E-state index in [-0.39, 0.29) is 13.2 Å². The molecule has 144 valence electrons. The van der Waals surface area contributed by atoms with Crippen LogP contribution in [0.15, 0.2) is 48.8 Å². The Kier molecular flexibility index (Phi) is 4.66. The standard InChI is InChI=1S/C19H18FN5O3/c1-24-7-6-18(23-24)22-17-5-2-12(9-21-17)15-4-3-13(8-16(15)20)25-10-14(11-26)28-19(25)27/h2-9,14,26H,10-11H2,1H3,(H,21,22,23)/t14-/m1/s1. The number of aryl methyl sites for hydroxylation is 1. The molecule has 8 nitrogen and oxygen atoms in total. The maximum Gasteiger partial charge on any atom is 0.414 e. The summed E-state index contributed by atoms with van der Waals surface area (Å²) in [4.78, 5) is 17.4. The van der Waals surface area contributed by atoms with Gasteiger partial charge in [-0.05, 0) is 30.3 Å². The van der Waals surface area contributed by atoms with Gasteiger partial charge < -0.3 is 15.2 Å². The van der Waals surface area contributed by atoms with Gasteiger partial charge in [0.05, 0.1) is 18.8 Å². The smallest absolute Gasteiger partial charge is 0.414 e. The summed E-state index contributed by atoms with van der Waals surface area (Å²) in [5.74, 6) is 0.774. The van der Waals surface area contributed by atoms with Crippen LogP contribution in [0, 0.1) is 5.82 Å². The van der Waals surface area contributed by atoms with Gasteiger partial charge in [0.2, 0.25) is 0 Å². The van der Waals surface area contributed by atoms with Crippen LogP contribution in [0.25, 0.3) is 11.1 Å². The lowest BCUT2D eigenvalue weighted by molar-refractivity contribution is 0.0963. The molecule has 0 unspecified atom stereocenters. The molecule has 9 heteroatoms. The number of amides is 1. The molecule has 4 rings (SSSR count). The van der Waals surface area contributed by atoms with E-state index in [9.17, 15) is 9.18 Å². The Balaban J connectivity index is 1.52. The molecule has 1 atom stereocenters. The number of aromatic nitrogens is 3. The SMILES string of the molecule is Cn1ccc(Nc2ccc(-c3ccc(N4C[C@H](CO)OC4=O)cc3F)cn2)n1. The molecule has 0 saturated carbocycles. The zero-order chi connectivity index (χ0) is 19.7. The molecule has 1 aromatic carbocycles. The number of aliphatic hydroxyl groups excluding tert-OH is 1. The van der Waals surface area contributed by atoms with Crippen LogP contribution in [0.3, 0.4) is 0 Å². The number of carbonyl (C=O) groups excluding carboxylic acids is 1. The van der Waals surface area contributed by atoms with Crippen molar-refractivity contribution in [3.05, 3.63) is 54.6 Å². The number of nitrogens with one attached hydrogen (secondary N) is 1. The van der Waals surface area contributed by atoms with E-state index in [0.717, 1.165) is 0 Å². The van der Waals surface area contributed by atoms with E-state index in [4.69, 9.17) is 9.84 Å². The monoisotopic (exact) mass is 383 g/mol. The van der Waals surface area contributed by atoms with E-state index in [1.54, 1.807) is 35.1 Å². The summed E-state index contributed by atoms with van der Waals surface area (Å²) in [5, 5.41) is 16.4. The van der Waals surface area contributed by atoms with Crippen LogP contribution in [-0.2, 0) is 11.8 Å². The number of cyclic esters (lactones) is 1. The van der Waals surface area contributed by atoms with Crippen LogP contribution < -0.4 is 10.2 Å². The number of hydrogen-bond acceptors (Lipinski definition) is 6. The minimum absolute atomic E-state index is 0.184. The Morgan fingerprint density at radius 2 is 2.14 bits per heavy atom. The van der Waals surface area contributed by atoms with Crippen LogP contribution in [0.5, 0.6) is 0 Å². The molecule has 1 saturated heterocycles. The maximum atomic E-state index is 14.7. The third kappa shape index (κ3) is 3.52. The van der Waals surface area contributed by atoms with Crippen molar-refractivity contribution in [1.82, 2.24) is 14.8 Å². The zero-order valence-electron chi connectivity index (χ0n) is 15.0. The summed E-state index contributed by atoms with van der Waals surface area (Å²) in [6.45, 7) is -0.0864. The van der Waals surface area contributed by atoms with Gasteiger partial charge in [0.15, 0.2) is 5.82 Å². The van der Waals surface area contributed by atoms with Gasteiger partial charge in [0.1, 0.15) is 17.7 Å². The van der Waals surface area contributed by atoms with Gasteiger partial charge in [0, 0.05) is 36.6 Å². The molecule has 1 aliphatic rings. The number of ether oxygens (including phenoxy) is 1. The molecule has 3 aromatic rings. The molecule has 0 bridgehead atoms. The number of pyridine rings is 1. The molecule has 28 heavy (non-hydrogen) atoms. The fourth-order valence-corrected chi connectivity index (χ4v) is 2.97. The lowest BCUT2D eigenvalue weighted by atomic mass is 10.1. The minimum Gasteiger partial charge on any atom is -0.441 e. The first kappa shape index (κ1) is 17.9. The fraction of sp³-hybridized carbons (Fsp3) is 0.211. The highest BCUT2D eigenvalue weighted by Crippen LogP contribution is 2.29. The lowest BCUT2D eigenvalue weighted by Gasteiger charge is -2.14. The zero-order valence-corrected chi connectivity index (χ0v) is 15.0. The van der Waals surface area contributed by atoms with Gasteiger partial charge >= 0.3 is 6.09 Å². The van der Waals surface area contributed by atoms with E-state index in [2.05, 4.69) is 15.4 Å². The first-order valence-electron chi connectivity index (χ1n) is 8.65. The van der Waals surface area contributed by atoms with Gasteiger partial charge in [-0.25, -0.2) is 14.2 Å². The van der Waals surface area contributed by atoms with Crippen LogP contribution in [0.2, 0.25) is 0 Å². The number of halogens is 1. The average Bonchev–Trinajstić information content (AvgIpc) is 3.27. The first-order chi connectivity index (χ1) is 13.5. The third-order valence-electron chi connectivity index (χ3n) is 4.39. The molecule has 2 aromatic heterocycles. The van der Waals surface area contributed by atoms with Crippen LogP contribution >= 0.6 is 0 Å². The maximum absolute atomic E-state index is 14.7. The number of nitrogens with zero attached hydrogens (tertiary/aromatic N) is 4. The van der Waals surface area contributed by atoms with Crippen LogP contribution in [-0.4, -0.2) is 45.2 Å². The van der Waals surface area contributed by atoms with Crippen molar-refractivity contribution in [2.75, 3.05) is 23.4 Å².